The Hall–Kier alpha value is -1.49. The van der Waals surface area contributed by atoms with Gasteiger partial charge in [0, 0.05) is 29.7 Å². The predicted octanol–water partition coefficient (Wildman–Crippen LogP) is 3.60. The summed E-state index contributed by atoms with van der Waals surface area (Å²) in [6.45, 7) is 1.98. The van der Waals surface area contributed by atoms with Gasteiger partial charge >= 0.3 is 6.18 Å². The maximum absolute atomic E-state index is 12.2. The van der Waals surface area contributed by atoms with Crippen LogP contribution >= 0.6 is 0 Å². The van der Waals surface area contributed by atoms with Gasteiger partial charge in [0.25, 0.3) is 0 Å². The zero-order valence-corrected chi connectivity index (χ0v) is 10.0. The lowest BCUT2D eigenvalue weighted by atomic mass is 10.1. The molecule has 0 fully saturated rings. The topological polar surface area (TPSA) is 27.8 Å². The summed E-state index contributed by atoms with van der Waals surface area (Å²) >= 11 is 0. The third-order valence-corrected chi connectivity index (χ3v) is 2.85. The molecule has 0 saturated carbocycles. The van der Waals surface area contributed by atoms with Crippen LogP contribution < -0.4 is 5.32 Å². The number of fused-ring (bicyclic) bond motifs is 1. The Morgan fingerprint density at radius 3 is 2.72 bits per heavy atom. The summed E-state index contributed by atoms with van der Waals surface area (Å²) in [6, 6.07) is 7.15. The van der Waals surface area contributed by atoms with E-state index in [0.29, 0.717) is 6.54 Å². The fourth-order valence-electron chi connectivity index (χ4n) is 1.98. The number of para-hydroxylation sites is 1. The lowest BCUT2D eigenvalue weighted by Gasteiger charge is -2.15. The number of benzene rings is 1. The Balaban J connectivity index is 1.98. The molecule has 2 aromatic rings. The Labute approximate surface area is 103 Å². The van der Waals surface area contributed by atoms with Gasteiger partial charge in [-0.25, -0.2) is 0 Å². The summed E-state index contributed by atoms with van der Waals surface area (Å²) in [7, 11) is 0. The van der Waals surface area contributed by atoms with Gasteiger partial charge in [0.15, 0.2) is 0 Å². The van der Waals surface area contributed by atoms with Gasteiger partial charge in [-0.3, -0.25) is 0 Å². The summed E-state index contributed by atoms with van der Waals surface area (Å²) in [5, 5.41) is 3.94. The molecule has 1 unspecified atom stereocenters. The molecule has 1 atom stereocenters. The Bertz CT molecular complexity index is 516. The molecule has 0 saturated heterocycles. The fourth-order valence-corrected chi connectivity index (χ4v) is 1.98. The van der Waals surface area contributed by atoms with Crippen LogP contribution in [0.1, 0.15) is 18.9 Å². The van der Waals surface area contributed by atoms with Crippen LogP contribution in [0.3, 0.4) is 0 Å². The molecule has 1 aromatic heterocycles. The highest BCUT2D eigenvalue weighted by Crippen LogP contribution is 2.22. The number of alkyl halides is 3. The van der Waals surface area contributed by atoms with E-state index in [1.54, 1.807) is 6.92 Å². The summed E-state index contributed by atoms with van der Waals surface area (Å²) < 4.78 is 36.5. The number of hydrogen-bond donors (Lipinski definition) is 2. The van der Waals surface area contributed by atoms with Crippen LogP contribution in [-0.4, -0.2) is 17.2 Å². The van der Waals surface area contributed by atoms with Gasteiger partial charge in [-0.05, 0) is 18.6 Å². The zero-order chi connectivity index (χ0) is 13.2. The van der Waals surface area contributed by atoms with Crippen molar-refractivity contribution in [2.75, 3.05) is 0 Å². The Morgan fingerprint density at radius 2 is 2.00 bits per heavy atom. The second-order valence-corrected chi connectivity index (χ2v) is 4.46. The zero-order valence-electron chi connectivity index (χ0n) is 10.0. The molecule has 5 heteroatoms. The lowest BCUT2D eigenvalue weighted by Crippen LogP contribution is -2.30. The van der Waals surface area contributed by atoms with Crippen LogP contribution in [0.15, 0.2) is 30.5 Å². The molecule has 98 valence electrons. The average Bonchev–Trinajstić information content (AvgIpc) is 2.67. The maximum Gasteiger partial charge on any atom is 0.390 e. The number of aromatic amines is 1. The maximum atomic E-state index is 12.2. The van der Waals surface area contributed by atoms with Crippen molar-refractivity contribution in [2.24, 2.45) is 0 Å². The molecule has 0 aliphatic carbocycles. The van der Waals surface area contributed by atoms with Gasteiger partial charge in [0.1, 0.15) is 0 Å². The van der Waals surface area contributed by atoms with E-state index in [0.717, 1.165) is 16.5 Å². The molecule has 0 amide bonds. The van der Waals surface area contributed by atoms with Crippen LogP contribution in [0.25, 0.3) is 10.9 Å². The van der Waals surface area contributed by atoms with Gasteiger partial charge in [-0.15, -0.1) is 0 Å². The van der Waals surface area contributed by atoms with E-state index >= 15 is 0 Å². The average molecular weight is 256 g/mol. The summed E-state index contributed by atoms with van der Waals surface area (Å²) in [5.41, 5.74) is 1.98. The molecule has 0 radical (unpaired) electrons. The van der Waals surface area contributed by atoms with Crippen LogP contribution in [-0.2, 0) is 6.54 Å². The van der Waals surface area contributed by atoms with Crippen molar-refractivity contribution < 1.29 is 13.2 Å². The van der Waals surface area contributed by atoms with Crippen molar-refractivity contribution in [1.29, 1.82) is 0 Å². The number of rotatable bonds is 4. The molecule has 0 spiro atoms. The fraction of sp³-hybridized carbons (Fsp3) is 0.385. The van der Waals surface area contributed by atoms with Crippen molar-refractivity contribution in [1.82, 2.24) is 10.3 Å². The number of H-pyrrole nitrogens is 1. The highest BCUT2D eigenvalue weighted by Gasteiger charge is 2.29. The molecule has 2 nitrogen and oxygen atoms in total. The van der Waals surface area contributed by atoms with E-state index in [2.05, 4.69) is 10.3 Å². The van der Waals surface area contributed by atoms with Gasteiger partial charge < -0.3 is 10.3 Å². The quantitative estimate of drug-likeness (QED) is 0.859. The van der Waals surface area contributed by atoms with Gasteiger partial charge in [0.2, 0.25) is 0 Å². The lowest BCUT2D eigenvalue weighted by molar-refractivity contribution is -0.139. The number of halogens is 3. The predicted molar refractivity (Wildman–Crippen MR) is 65.3 cm³/mol. The van der Waals surface area contributed by atoms with Gasteiger partial charge in [0.05, 0.1) is 6.42 Å². The van der Waals surface area contributed by atoms with E-state index < -0.39 is 18.6 Å². The van der Waals surface area contributed by atoms with Crippen molar-refractivity contribution in [3.05, 3.63) is 36.0 Å². The molecule has 2 rings (SSSR count). The summed E-state index contributed by atoms with van der Waals surface area (Å²) in [6.07, 6.45) is -3.10. The standard InChI is InChI=1S/C13H15F3N2/c1-9(6-13(14,15)16)17-7-10-8-18-12-5-3-2-4-11(10)12/h2-5,8-9,17-18H,6-7H2,1H3. The van der Waals surface area contributed by atoms with Crippen LogP contribution in [0, 0.1) is 0 Å². The largest absolute Gasteiger partial charge is 0.390 e. The molecule has 0 aliphatic heterocycles. The number of aromatic nitrogens is 1. The smallest absolute Gasteiger partial charge is 0.361 e. The van der Waals surface area contributed by atoms with E-state index in [4.69, 9.17) is 0 Å². The number of hydrogen-bond acceptors (Lipinski definition) is 1. The molecule has 0 bridgehead atoms. The van der Waals surface area contributed by atoms with Crippen molar-refractivity contribution in [2.45, 2.75) is 32.1 Å². The van der Waals surface area contributed by atoms with Crippen molar-refractivity contribution in [3.63, 3.8) is 0 Å². The first-order valence-electron chi connectivity index (χ1n) is 5.81. The monoisotopic (exact) mass is 256 g/mol. The summed E-state index contributed by atoms with van der Waals surface area (Å²) in [5.74, 6) is 0. The molecular weight excluding hydrogens is 241 g/mol. The Kier molecular flexibility index (Phi) is 3.61. The van der Waals surface area contributed by atoms with E-state index in [-0.39, 0.29) is 0 Å². The van der Waals surface area contributed by atoms with E-state index in [9.17, 15) is 13.2 Å². The highest BCUT2D eigenvalue weighted by atomic mass is 19.4. The van der Waals surface area contributed by atoms with Gasteiger partial charge in [-0.2, -0.15) is 13.2 Å². The molecule has 18 heavy (non-hydrogen) atoms. The molecule has 0 aliphatic rings. The minimum atomic E-state index is -4.12. The minimum Gasteiger partial charge on any atom is -0.361 e. The van der Waals surface area contributed by atoms with Crippen LogP contribution in [0.4, 0.5) is 13.2 Å². The van der Waals surface area contributed by atoms with Crippen molar-refractivity contribution >= 4 is 10.9 Å². The van der Waals surface area contributed by atoms with Crippen molar-refractivity contribution in [3.8, 4) is 0 Å². The molecular formula is C13H15F3N2. The first-order valence-corrected chi connectivity index (χ1v) is 5.81. The minimum absolute atomic E-state index is 0.432. The van der Waals surface area contributed by atoms with Gasteiger partial charge in [-0.1, -0.05) is 18.2 Å². The SMILES string of the molecule is CC(CC(F)(F)F)NCc1c[nH]c2ccccc12. The number of nitrogens with one attached hydrogen (secondary N) is 2. The molecule has 1 aromatic carbocycles. The first kappa shape index (κ1) is 13.0. The van der Waals surface area contributed by atoms with E-state index in [1.807, 2.05) is 30.5 Å². The van der Waals surface area contributed by atoms with Crippen LogP contribution in [0.2, 0.25) is 0 Å². The molecule has 2 N–H and O–H groups in total. The van der Waals surface area contributed by atoms with E-state index in [1.165, 1.54) is 0 Å². The Morgan fingerprint density at radius 1 is 1.28 bits per heavy atom. The second kappa shape index (κ2) is 5.02. The van der Waals surface area contributed by atoms with Crippen LogP contribution in [0.5, 0.6) is 0 Å². The second-order valence-electron chi connectivity index (χ2n) is 4.46. The third-order valence-electron chi connectivity index (χ3n) is 2.85. The highest BCUT2D eigenvalue weighted by molar-refractivity contribution is 5.82. The third kappa shape index (κ3) is 3.26. The summed E-state index contributed by atoms with van der Waals surface area (Å²) in [4.78, 5) is 3.10. The normalized spacial score (nSPS) is 14.0. The molecule has 1 heterocycles. The first-order chi connectivity index (χ1) is 8.46.